The molecule has 1 aromatic rings. The Morgan fingerprint density at radius 2 is 1.85 bits per heavy atom. The summed E-state index contributed by atoms with van der Waals surface area (Å²) in [6.07, 6.45) is 0.953. The predicted octanol–water partition coefficient (Wildman–Crippen LogP) is 1.98. The molecule has 1 heterocycles. The molecular weight excluding hydrogens is 272 g/mol. The maximum absolute atomic E-state index is 9.70. The average Bonchev–Trinajstić information content (AvgIpc) is 2.77. The van der Waals surface area contributed by atoms with Crippen LogP contribution in [-0.2, 0) is 13.0 Å². The van der Waals surface area contributed by atoms with Crippen LogP contribution in [0.1, 0.15) is 25.0 Å². The first-order valence-corrected chi connectivity index (χ1v) is 7.32. The van der Waals surface area contributed by atoms with Gasteiger partial charge in [0.15, 0.2) is 0 Å². The standard InChI is InChI=1S/C16H26N2O.ClH/c1-12(2)7-13-3-5-14(6-4-13)8-17-9-15-10-18-11-16(15)19;/h3-6,12,15-19H,7-11H2,1-2H3;1H. The van der Waals surface area contributed by atoms with Gasteiger partial charge in [-0.05, 0) is 23.5 Å². The van der Waals surface area contributed by atoms with Crippen LogP contribution < -0.4 is 10.6 Å². The summed E-state index contributed by atoms with van der Waals surface area (Å²) in [5.41, 5.74) is 2.72. The second-order valence-corrected chi connectivity index (χ2v) is 6.03. The van der Waals surface area contributed by atoms with E-state index in [0.717, 1.165) is 32.6 Å². The van der Waals surface area contributed by atoms with Gasteiger partial charge in [0.1, 0.15) is 0 Å². The lowest BCUT2D eigenvalue weighted by Gasteiger charge is -2.14. The fourth-order valence-electron chi connectivity index (χ4n) is 2.59. The van der Waals surface area contributed by atoms with E-state index in [2.05, 4.69) is 48.7 Å². The summed E-state index contributed by atoms with van der Waals surface area (Å²) in [4.78, 5) is 0. The van der Waals surface area contributed by atoms with Crippen molar-refractivity contribution in [3.63, 3.8) is 0 Å². The number of hydrogen-bond donors (Lipinski definition) is 3. The van der Waals surface area contributed by atoms with Crippen molar-refractivity contribution in [1.82, 2.24) is 10.6 Å². The number of β-amino-alcohol motifs (C(OH)–C–C–N with tert-alkyl or cyclic N) is 1. The van der Waals surface area contributed by atoms with E-state index >= 15 is 0 Å². The molecule has 0 radical (unpaired) electrons. The summed E-state index contributed by atoms with van der Waals surface area (Å²) in [7, 11) is 0. The SMILES string of the molecule is CC(C)Cc1ccc(CNCC2CNCC2O)cc1.Cl. The van der Waals surface area contributed by atoms with Gasteiger partial charge in [-0.15, -0.1) is 12.4 Å². The summed E-state index contributed by atoms with van der Waals surface area (Å²) in [6, 6.07) is 8.86. The van der Waals surface area contributed by atoms with Gasteiger partial charge in [0.05, 0.1) is 6.10 Å². The fourth-order valence-corrected chi connectivity index (χ4v) is 2.59. The molecule has 114 valence electrons. The Hall–Kier alpha value is -0.610. The van der Waals surface area contributed by atoms with Crippen LogP contribution >= 0.6 is 12.4 Å². The molecule has 1 aliphatic heterocycles. The molecular formula is C16H27ClN2O. The van der Waals surface area contributed by atoms with E-state index in [1.807, 2.05) is 0 Å². The van der Waals surface area contributed by atoms with Crippen LogP contribution in [0.15, 0.2) is 24.3 Å². The molecule has 0 bridgehead atoms. The van der Waals surface area contributed by atoms with E-state index in [0.29, 0.717) is 11.8 Å². The Kier molecular flexibility index (Phi) is 7.52. The lowest BCUT2D eigenvalue weighted by Crippen LogP contribution is -2.30. The quantitative estimate of drug-likeness (QED) is 0.752. The number of halogens is 1. The average molecular weight is 299 g/mol. The maximum atomic E-state index is 9.70. The van der Waals surface area contributed by atoms with E-state index in [-0.39, 0.29) is 18.5 Å². The zero-order chi connectivity index (χ0) is 13.7. The molecule has 3 N–H and O–H groups in total. The van der Waals surface area contributed by atoms with Gasteiger partial charge in [-0.1, -0.05) is 38.1 Å². The van der Waals surface area contributed by atoms with Crippen LogP contribution in [0.2, 0.25) is 0 Å². The highest BCUT2D eigenvalue weighted by Crippen LogP contribution is 2.11. The van der Waals surface area contributed by atoms with E-state index in [1.54, 1.807) is 0 Å². The van der Waals surface area contributed by atoms with Gasteiger partial charge >= 0.3 is 0 Å². The minimum absolute atomic E-state index is 0. The Balaban J connectivity index is 0.00000200. The van der Waals surface area contributed by atoms with Crippen molar-refractivity contribution in [2.75, 3.05) is 19.6 Å². The maximum Gasteiger partial charge on any atom is 0.0716 e. The largest absolute Gasteiger partial charge is 0.391 e. The monoisotopic (exact) mass is 298 g/mol. The lowest BCUT2D eigenvalue weighted by molar-refractivity contribution is 0.146. The summed E-state index contributed by atoms with van der Waals surface area (Å²) >= 11 is 0. The second kappa shape index (κ2) is 8.63. The fraction of sp³-hybridized carbons (Fsp3) is 0.625. The molecule has 0 spiro atoms. The molecule has 2 unspecified atom stereocenters. The summed E-state index contributed by atoms with van der Waals surface area (Å²) in [5, 5.41) is 16.3. The zero-order valence-corrected chi connectivity index (χ0v) is 13.2. The van der Waals surface area contributed by atoms with Gasteiger partial charge < -0.3 is 15.7 Å². The first-order valence-electron chi connectivity index (χ1n) is 7.32. The van der Waals surface area contributed by atoms with Crippen molar-refractivity contribution in [3.05, 3.63) is 35.4 Å². The van der Waals surface area contributed by atoms with Crippen LogP contribution in [0.4, 0.5) is 0 Å². The lowest BCUT2D eigenvalue weighted by atomic mass is 10.0. The Labute approximate surface area is 128 Å². The summed E-state index contributed by atoms with van der Waals surface area (Å²) in [5.74, 6) is 1.06. The Morgan fingerprint density at radius 3 is 2.40 bits per heavy atom. The van der Waals surface area contributed by atoms with Gasteiger partial charge in [0, 0.05) is 32.1 Å². The minimum atomic E-state index is -0.194. The van der Waals surface area contributed by atoms with E-state index in [9.17, 15) is 5.11 Å². The van der Waals surface area contributed by atoms with Crippen molar-refractivity contribution < 1.29 is 5.11 Å². The molecule has 0 saturated carbocycles. The van der Waals surface area contributed by atoms with Crippen molar-refractivity contribution in [2.45, 2.75) is 32.9 Å². The predicted molar refractivity (Wildman–Crippen MR) is 86.3 cm³/mol. The van der Waals surface area contributed by atoms with Crippen molar-refractivity contribution in [2.24, 2.45) is 11.8 Å². The molecule has 4 heteroatoms. The molecule has 0 aromatic heterocycles. The highest BCUT2D eigenvalue weighted by molar-refractivity contribution is 5.85. The molecule has 1 saturated heterocycles. The van der Waals surface area contributed by atoms with Gasteiger partial charge in [-0.3, -0.25) is 0 Å². The number of aliphatic hydroxyl groups is 1. The zero-order valence-electron chi connectivity index (χ0n) is 12.4. The normalized spacial score (nSPS) is 22.0. The smallest absolute Gasteiger partial charge is 0.0716 e. The third-order valence-electron chi connectivity index (χ3n) is 3.71. The summed E-state index contributed by atoms with van der Waals surface area (Å²) < 4.78 is 0. The molecule has 0 amide bonds. The highest BCUT2D eigenvalue weighted by Gasteiger charge is 2.23. The molecule has 20 heavy (non-hydrogen) atoms. The van der Waals surface area contributed by atoms with Crippen LogP contribution in [0, 0.1) is 11.8 Å². The van der Waals surface area contributed by atoms with Crippen LogP contribution in [-0.4, -0.2) is 30.8 Å². The number of hydrogen-bond acceptors (Lipinski definition) is 3. The molecule has 1 aromatic carbocycles. The minimum Gasteiger partial charge on any atom is -0.391 e. The second-order valence-electron chi connectivity index (χ2n) is 6.03. The third-order valence-corrected chi connectivity index (χ3v) is 3.71. The molecule has 0 aliphatic carbocycles. The van der Waals surface area contributed by atoms with Crippen molar-refractivity contribution in [3.8, 4) is 0 Å². The van der Waals surface area contributed by atoms with Crippen LogP contribution in [0.3, 0.4) is 0 Å². The molecule has 1 fully saturated rings. The Bertz CT molecular complexity index is 381. The van der Waals surface area contributed by atoms with Crippen molar-refractivity contribution >= 4 is 12.4 Å². The molecule has 3 nitrogen and oxygen atoms in total. The molecule has 1 aliphatic rings. The Morgan fingerprint density at radius 1 is 1.20 bits per heavy atom. The molecule has 2 rings (SSSR count). The first-order chi connectivity index (χ1) is 9.15. The molecule has 2 atom stereocenters. The first kappa shape index (κ1) is 17.4. The number of aliphatic hydroxyl groups excluding tert-OH is 1. The van der Waals surface area contributed by atoms with Crippen LogP contribution in [0.25, 0.3) is 0 Å². The summed E-state index contributed by atoms with van der Waals surface area (Å²) in [6.45, 7) is 7.90. The topological polar surface area (TPSA) is 44.3 Å². The van der Waals surface area contributed by atoms with Crippen LogP contribution in [0.5, 0.6) is 0 Å². The third kappa shape index (κ3) is 5.41. The number of benzene rings is 1. The van der Waals surface area contributed by atoms with E-state index in [1.165, 1.54) is 11.1 Å². The van der Waals surface area contributed by atoms with Gasteiger partial charge in [0.25, 0.3) is 0 Å². The van der Waals surface area contributed by atoms with E-state index < -0.39 is 0 Å². The van der Waals surface area contributed by atoms with Crippen molar-refractivity contribution in [1.29, 1.82) is 0 Å². The van der Waals surface area contributed by atoms with Gasteiger partial charge in [-0.2, -0.15) is 0 Å². The van der Waals surface area contributed by atoms with Gasteiger partial charge in [-0.25, -0.2) is 0 Å². The number of rotatable bonds is 6. The number of nitrogens with one attached hydrogen (secondary N) is 2. The van der Waals surface area contributed by atoms with E-state index in [4.69, 9.17) is 0 Å². The highest BCUT2D eigenvalue weighted by atomic mass is 35.5. The van der Waals surface area contributed by atoms with Gasteiger partial charge in [0.2, 0.25) is 0 Å².